The Kier molecular flexibility index (Phi) is 5.45. The fraction of sp³-hybridized carbons (Fsp3) is 0.136. The lowest BCUT2D eigenvalue weighted by Crippen LogP contribution is -2.13. The Balaban J connectivity index is 1.59. The van der Waals surface area contributed by atoms with E-state index in [9.17, 15) is 10.1 Å². The number of rotatable bonds is 6. The topological polar surface area (TPSA) is 118 Å². The lowest BCUT2D eigenvalue weighted by atomic mass is 10.1. The van der Waals surface area contributed by atoms with Crippen LogP contribution in [0.5, 0.6) is 23.0 Å². The molecule has 9 nitrogen and oxygen atoms in total. The van der Waals surface area contributed by atoms with E-state index in [1.54, 1.807) is 30.5 Å². The third-order valence-electron chi connectivity index (χ3n) is 4.64. The molecule has 31 heavy (non-hydrogen) atoms. The Morgan fingerprint density at radius 1 is 1.16 bits per heavy atom. The number of amides is 1. The first-order chi connectivity index (χ1) is 15.1. The monoisotopic (exact) mass is 418 g/mol. The average Bonchev–Trinajstić information content (AvgIpc) is 3.45. The number of nitriles is 1. The molecule has 1 aliphatic heterocycles. The summed E-state index contributed by atoms with van der Waals surface area (Å²) >= 11 is 0. The number of nitrogens with one attached hydrogen (secondary N) is 2. The number of ether oxygens (including phenoxy) is 4. The van der Waals surface area contributed by atoms with Crippen LogP contribution in [0.4, 0.5) is 5.69 Å². The molecule has 4 rings (SSSR count). The van der Waals surface area contributed by atoms with Gasteiger partial charge < -0.3 is 24.3 Å². The van der Waals surface area contributed by atoms with Crippen LogP contribution in [0.15, 0.2) is 48.2 Å². The van der Waals surface area contributed by atoms with Gasteiger partial charge in [-0.05, 0) is 36.4 Å². The number of fused-ring (bicyclic) bond motifs is 1. The standard InChI is InChI=1S/C22H18N4O5/c1-28-17-6-4-16(9-19(17)29-2)25-22(27)14(10-23)7-15-11-24-26-21(15)13-3-5-18-20(8-13)31-12-30-18/h3-9,11H,12H2,1-2H3,(H,24,26)(H,25,27). The van der Waals surface area contributed by atoms with Gasteiger partial charge in [-0.3, -0.25) is 9.89 Å². The molecule has 2 N–H and O–H groups in total. The van der Waals surface area contributed by atoms with E-state index in [4.69, 9.17) is 18.9 Å². The predicted octanol–water partition coefficient (Wildman–Crippen LogP) is 3.37. The Morgan fingerprint density at radius 3 is 2.74 bits per heavy atom. The van der Waals surface area contributed by atoms with Crippen molar-refractivity contribution < 1.29 is 23.7 Å². The van der Waals surface area contributed by atoms with Gasteiger partial charge in [0.25, 0.3) is 5.91 Å². The highest BCUT2D eigenvalue weighted by atomic mass is 16.7. The summed E-state index contributed by atoms with van der Waals surface area (Å²) < 4.78 is 21.2. The van der Waals surface area contributed by atoms with E-state index in [2.05, 4.69) is 15.5 Å². The number of hydrogen-bond acceptors (Lipinski definition) is 7. The zero-order valence-electron chi connectivity index (χ0n) is 16.8. The lowest BCUT2D eigenvalue weighted by molar-refractivity contribution is -0.112. The summed E-state index contributed by atoms with van der Waals surface area (Å²) in [7, 11) is 3.02. The Bertz CT molecular complexity index is 1210. The number of hydrogen-bond donors (Lipinski definition) is 2. The van der Waals surface area contributed by atoms with Crippen LogP contribution in [0.2, 0.25) is 0 Å². The van der Waals surface area contributed by atoms with Gasteiger partial charge in [0.15, 0.2) is 23.0 Å². The summed E-state index contributed by atoms with van der Waals surface area (Å²) in [4.78, 5) is 12.7. The molecule has 0 aliphatic carbocycles. The SMILES string of the molecule is COc1ccc(NC(=O)C(C#N)=Cc2cn[nH]c2-c2ccc3c(c2)OCO3)cc1OC. The van der Waals surface area contributed by atoms with Crippen molar-refractivity contribution in [2.24, 2.45) is 0 Å². The summed E-state index contributed by atoms with van der Waals surface area (Å²) in [6.45, 7) is 0.170. The van der Waals surface area contributed by atoms with Crippen LogP contribution in [-0.4, -0.2) is 37.1 Å². The molecular weight excluding hydrogens is 400 g/mol. The van der Waals surface area contributed by atoms with Gasteiger partial charge in [-0.25, -0.2) is 0 Å². The van der Waals surface area contributed by atoms with Gasteiger partial charge in [0.1, 0.15) is 11.6 Å². The first kappa shape index (κ1) is 19.8. The molecule has 2 heterocycles. The molecule has 0 spiro atoms. The third kappa shape index (κ3) is 4.00. The van der Waals surface area contributed by atoms with Crippen molar-refractivity contribution in [3.8, 4) is 40.3 Å². The van der Waals surface area contributed by atoms with Gasteiger partial charge in [-0.2, -0.15) is 10.4 Å². The number of anilines is 1. The van der Waals surface area contributed by atoms with Gasteiger partial charge in [0.2, 0.25) is 6.79 Å². The summed E-state index contributed by atoms with van der Waals surface area (Å²) in [5.74, 6) is 1.71. The van der Waals surface area contributed by atoms with Gasteiger partial charge >= 0.3 is 0 Å². The van der Waals surface area contributed by atoms with E-state index < -0.39 is 5.91 Å². The van der Waals surface area contributed by atoms with E-state index in [0.29, 0.717) is 39.9 Å². The van der Waals surface area contributed by atoms with Crippen LogP contribution in [0.25, 0.3) is 17.3 Å². The second-order valence-corrected chi connectivity index (χ2v) is 6.46. The van der Waals surface area contributed by atoms with E-state index in [0.717, 1.165) is 5.56 Å². The molecule has 0 bridgehead atoms. The molecule has 9 heteroatoms. The van der Waals surface area contributed by atoms with Crippen molar-refractivity contribution >= 4 is 17.7 Å². The minimum absolute atomic E-state index is 0.0850. The Labute approximate surface area is 177 Å². The van der Waals surface area contributed by atoms with Gasteiger partial charge in [-0.1, -0.05) is 0 Å². The fourth-order valence-electron chi connectivity index (χ4n) is 3.10. The Morgan fingerprint density at radius 2 is 1.97 bits per heavy atom. The maximum Gasteiger partial charge on any atom is 0.266 e. The normalized spacial score (nSPS) is 12.2. The number of aromatic nitrogens is 2. The number of H-pyrrole nitrogens is 1. The summed E-state index contributed by atoms with van der Waals surface area (Å²) in [5.41, 5.74) is 2.39. The highest BCUT2D eigenvalue weighted by Gasteiger charge is 2.17. The molecule has 0 atom stereocenters. The van der Waals surface area contributed by atoms with Crippen LogP contribution in [0.3, 0.4) is 0 Å². The lowest BCUT2D eigenvalue weighted by Gasteiger charge is -2.10. The first-order valence-electron chi connectivity index (χ1n) is 9.21. The molecular formula is C22H18N4O5. The fourth-order valence-corrected chi connectivity index (χ4v) is 3.10. The van der Waals surface area contributed by atoms with Crippen molar-refractivity contribution in [3.63, 3.8) is 0 Å². The average molecular weight is 418 g/mol. The quantitative estimate of drug-likeness (QED) is 0.465. The summed E-state index contributed by atoms with van der Waals surface area (Å²) in [6, 6.07) is 12.3. The second kappa shape index (κ2) is 8.51. The number of nitrogens with zero attached hydrogens (tertiary/aromatic N) is 2. The molecule has 156 valence electrons. The van der Waals surface area contributed by atoms with Crippen molar-refractivity contribution in [1.82, 2.24) is 10.2 Å². The number of methoxy groups -OCH3 is 2. The Hall–Kier alpha value is -4.45. The van der Waals surface area contributed by atoms with Gasteiger partial charge in [0.05, 0.1) is 26.1 Å². The van der Waals surface area contributed by atoms with Crippen LogP contribution in [-0.2, 0) is 4.79 Å². The zero-order chi connectivity index (χ0) is 21.8. The zero-order valence-corrected chi connectivity index (χ0v) is 16.8. The molecule has 1 amide bonds. The third-order valence-corrected chi connectivity index (χ3v) is 4.64. The smallest absolute Gasteiger partial charge is 0.266 e. The van der Waals surface area contributed by atoms with Gasteiger partial charge in [0, 0.05) is 22.9 Å². The predicted molar refractivity (Wildman–Crippen MR) is 112 cm³/mol. The molecule has 2 aromatic carbocycles. The second-order valence-electron chi connectivity index (χ2n) is 6.46. The summed E-state index contributed by atoms with van der Waals surface area (Å²) in [5, 5.41) is 19.2. The van der Waals surface area contributed by atoms with E-state index in [1.807, 2.05) is 18.2 Å². The maximum atomic E-state index is 12.7. The minimum atomic E-state index is -0.562. The molecule has 0 saturated heterocycles. The largest absolute Gasteiger partial charge is 0.493 e. The van der Waals surface area contributed by atoms with E-state index in [-0.39, 0.29) is 12.4 Å². The number of benzene rings is 2. The van der Waals surface area contributed by atoms with Crippen molar-refractivity contribution in [3.05, 3.63) is 53.7 Å². The molecule has 0 fully saturated rings. The highest BCUT2D eigenvalue weighted by Crippen LogP contribution is 2.36. The highest BCUT2D eigenvalue weighted by molar-refractivity contribution is 6.10. The summed E-state index contributed by atoms with van der Waals surface area (Å²) in [6.07, 6.45) is 3.01. The van der Waals surface area contributed by atoms with Crippen LogP contribution < -0.4 is 24.3 Å². The van der Waals surface area contributed by atoms with Crippen molar-refractivity contribution in [2.45, 2.75) is 0 Å². The van der Waals surface area contributed by atoms with Gasteiger partial charge in [-0.15, -0.1) is 0 Å². The molecule has 1 aliphatic rings. The first-order valence-corrected chi connectivity index (χ1v) is 9.21. The molecule has 0 saturated carbocycles. The number of carbonyl (C=O) groups excluding carboxylic acids is 1. The van der Waals surface area contributed by atoms with E-state index >= 15 is 0 Å². The van der Waals surface area contributed by atoms with Crippen LogP contribution in [0.1, 0.15) is 5.56 Å². The molecule has 3 aromatic rings. The van der Waals surface area contributed by atoms with E-state index in [1.165, 1.54) is 20.3 Å². The maximum absolute atomic E-state index is 12.7. The number of carbonyl (C=O) groups is 1. The van der Waals surface area contributed by atoms with Crippen molar-refractivity contribution in [1.29, 1.82) is 5.26 Å². The van der Waals surface area contributed by atoms with Crippen LogP contribution in [0, 0.1) is 11.3 Å². The molecule has 0 radical (unpaired) electrons. The molecule has 0 unspecified atom stereocenters. The molecule has 1 aromatic heterocycles. The van der Waals surface area contributed by atoms with Crippen molar-refractivity contribution in [2.75, 3.05) is 26.3 Å². The minimum Gasteiger partial charge on any atom is -0.493 e. The van der Waals surface area contributed by atoms with Crippen LogP contribution >= 0.6 is 0 Å². The number of aromatic amines is 1.